The maximum absolute atomic E-state index is 11.9. The number of rotatable bonds is 5. The van der Waals surface area contributed by atoms with Crippen LogP contribution < -0.4 is 0 Å². The summed E-state index contributed by atoms with van der Waals surface area (Å²) in [5.41, 5.74) is 0.296. The second kappa shape index (κ2) is 5.16. The molecule has 0 radical (unpaired) electrons. The van der Waals surface area contributed by atoms with Gasteiger partial charge in [-0.15, -0.1) is 0 Å². The number of ketones is 2. The number of methoxy groups -OCH3 is 2. The van der Waals surface area contributed by atoms with Crippen molar-refractivity contribution in [2.24, 2.45) is 0 Å². The summed E-state index contributed by atoms with van der Waals surface area (Å²) < 4.78 is 10.2. The van der Waals surface area contributed by atoms with Gasteiger partial charge in [-0.1, -0.05) is 11.6 Å². The van der Waals surface area contributed by atoms with Crippen LogP contribution in [0.2, 0.25) is 0 Å². The minimum atomic E-state index is -1.69. The Hall–Kier alpha value is -0.910. The smallest absolute Gasteiger partial charge is 0.281 e. The van der Waals surface area contributed by atoms with Gasteiger partial charge in [-0.05, 0) is 13.8 Å². The molecule has 0 aromatic heterocycles. The fourth-order valence-corrected chi connectivity index (χ4v) is 2.29. The van der Waals surface area contributed by atoms with Crippen LogP contribution in [0.3, 0.4) is 0 Å². The van der Waals surface area contributed by atoms with Crippen LogP contribution >= 0.6 is 11.6 Å². The molecule has 0 N–H and O–H groups in total. The van der Waals surface area contributed by atoms with E-state index in [0.29, 0.717) is 18.8 Å². The van der Waals surface area contributed by atoms with Crippen LogP contribution in [0.1, 0.15) is 13.8 Å². The van der Waals surface area contributed by atoms with Gasteiger partial charge < -0.3 is 14.4 Å². The molecule has 0 amide bonds. The van der Waals surface area contributed by atoms with Crippen molar-refractivity contribution in [2.45, 2.75) is 19.6 Å². The van der Waals surface area contributed by atoms with Crippen LogP contribution in [0, 0.1) is 0 Å². The molecule has 0 aromatic carbocycles. The van der Waals surface area contributed by atoms with E-state index < -0.39 is 17.4 Å². The molecule has 0 fully saturated rings. The summed E-state index contributed by atoms with van der Waals surface area (Å²) in [5.74, 6) is -3.24. The lowest BCUT2D eigenvalue weighted by Gasteiger charge is -2.33. The van der Waals surface area contributed by atoms with Crippen molar-refractivity contribution in [2.75, 3.05) is 27.3 Å². The third kappa shape index (κ3) is 1.88. The van der Waals surface area contributed by atoms with Crippen LogP contribution in [0.5, 0.6) is 0 Å². The molecule has 0 atom stereocenters. The lowest BCUT2D eigenvalue weighted by molar-refractivity contribution is -0.193. The second-order valence-electron chi connectivity index (χ2n) is 3.52. The Morgan fingerprint density at radius 1 is 1.18 bits per heavy atom. The molecule has 6 heteroatoms. The first-order valence-corrected chi connectivity index (χ1v) is 5.72. The van der Waals surface area contributed by atoms with Crippen LogP contribution in [0.25, 0.3) is 0 Å². The molecule has 0 bridgehead atoms. The van der Waals surface area contributed by atoms with E-state index in [1.54, 1.807) is 4.90 Å². The van der Waals surface area contributed by atoms with E-state index in [2.05, 4.69) is 0 Å². The molecule has 0 saturated heterocycles. The highest BCUT2D eigenvalue weighted by Crippen LogP contribution is 2.37. The zero-order valence-electron chi connectivity index (χ0n) is 10.4. The monoisotopic (exact) mass is 261 g/mol. The molecular weight excluding hydrogens is 246 g/mol. The van der Waals surface area contributed by atoms with Crippen LogP contribution in [0.4, 0.5) is 0 Å². The number of allylic oxidation sites excluding steroid dienone is 1. The number of ether oxygens (including phenoxy) is 2. The van der Waals surface area contributed by atoms with Gasteiger partial charge in [0.05, 0.1) is 0 Å². The van der Waals surface area contributed by atoms with E-state index in [-0.39, 0.29) is 5.03 Å². The highest BCUT2D eigenvalue weighted by atomic mass is 35.5. The van der Waals surface area contributed by atoms with Crippen LogP contribution in [-0.2, 0) is 19.1 Å². The summed E-state index contributed by atoms with van der Waals surface area (Å²) in [7, 11) is 2.63. The van der Waals surface area contributed by atoms with Gasteiger partial charge in [0.2, 0.25) is 5.78 Å². The summed E-state index contributed by atoms with van der Waals surface area (Å²) in [6, 6.07) is 0. The molecule has 1 aliphatic carbocycles. The molecule has 5 nitrogen and oxygen atoms in total. The number of hydrogen-bond donors (Lipinski definition) is 0. The molecular formula is C11H16ClNO4. The van der Waals surface area contributed by atoms with E-state index in [1.807, 2.05) is 13.8 Å². The molecule has 1 aliphatic rings. The van der Waals surface area contributed by atoms with Crippen molar-refractivity contribution in [3.05, 3.63) is 10.7 Å². The fourth-order valence-electron chi connectivity index (χ4n) is 1.96. The lowest BCUT2D eigenvalue weighted by atomic mass is 10.1. The van der Waals surface area contributed by atoms with E-state index >= 15 is 0 Å². The molecule has 0 spiro atoms. The summed E-state index contributed by atoms with van der Waals surface area (Å²) in [6.45, 7) is 4.97. The predicted octanol–water partition coefficient (Wildman–Crippen LogP) is 0.919. The Bertz CT molecular complexity index is 370. The molecule has 0 saturated carbocycles. The van der Waals surface area contributed by atoms with E-state index in [1.165, 1.54) is 14.2 Å². The molecule has 0 unspecified atom stereocenters. The number of carbonyl (C=O) groups excluding carboxylic acids is 2. The first-order chi connectivity index (χ1) is 7.99. The molecule has 96 valence electrons. The Morgan fingerprint density at radius 2 is 1.65 bits per heavy atom. The Balaban J connectivity index is 3.38. The highest BCUT2D eigenvalue weighted by molar-refractivity contribution is 6.62. The predicted molar refractivity (Wildman–Crippen MR) is 62.6 cm³/mol. The quantitative estimate of drug-likeness (QED) is 0.544. The van der Waals surface area contributed by atoms with Crippen molar-refractivity contribution in [3.63, 3.8) is 0 Å². The van der Waals surface area contributed by atoms with Crippen molar-refractivity contribution in [1.82, 2.24) is 4.90 Å². The lowest BCUT2D eigenvalue weighted by Crippen LogP contribution is -2.48. The van der Waals surface area contributed by atoms with Gasteiger partial charge in [-0.3, -0.25) is 9.59 Å². The summed E-state index contributed by atoms with van der Waals surface area (Å²) in [4.78, 5) is 25.3. The van der Waals surface area contributed by atoms with Gasteiger partial charge in [-0.25, -0.2) is 0 Å². The Kier molecular flexibility index (Phi) is 4.30. The zero-order valence-corrected chi connectivity index (χ0v) is 11.1. The van der Waals surface area contributed by atoms with Gasteiger partial charge in [0.25, 0.3) is 11.6 Å². The normalized spacial score (nSPS) is 19.1. The van der Waals surface area contributed by atoms with E-state index in [4.69, 9.17) is 21.1 Å². The standard InChI is InChI=1S/C11H16ClNO4/c1-5-13(6-2)9-7(12)8(14)10(15)11(9,16-3)17-4/h5-6H2,1-4H3. The number of Topliss-reactive ketones (excluding diaryl/α,β-unsaturated/α-hetero) is 2. The van der Waals surface area contributed by atoms with Crippen molar-refractivity contribution >= 4 is 23.2 Å². The van der Waals surface area contributed by atoms with Gasteiger partial charge in [-0.2, -0.15) is 0 Å². The van der Waals surface area contributed by atoms with E-state index in [9.17, 15) is 9.59 Å². The molecule has 0 aromatic rings. The van der Waals surface area contributed by atoms with E-state index in [0.717, 1.165) is 0 Å². The van der Waals surface area contributed by atoms with Crippen molar-refractivity contribution < 1.29 is 19.1 Å². The molecule has 0 aliphatic heterocycles. The third-order valence-electron chi connectivity index (χ3n) is 2.88. The van der Waals surface area contributed by atoms with Gasteiger partial charge in [0.15, 0.2) is 0 Å². The average molecular weight is 262 g/mol. The fraction of sp³-hybridized carbons (Fsp3) is 0.636. The average Bonchev–Trinajstić information content (AvgIpc) is 2.54. The number of hydrogen-bond acceptors (Lipinski definition) is 5. The van der Waals surface area contributed by atoms with Gasteiger partial charge in [0.1, 0.15) is 10.7 Å². The SMILES string of the molecule is CCN(CC)C1=C(Cl)C(=O)C(=O)C1(OC)OC. The maximum Gasteiger partial charge on any atom is 0.281 e. The van der Waals surface area contributed by atoms with Crippen molar-refractivity contribution in [1.29, 1.82) is 0 Å². The zero-order chi connectivity index (χ0) is 13.2. The van der Waals surface area contributed by atoms with Crippen LogP contribution in [0.15, 0.2) is 10.7 Å². The first-order valence-electron chi connectivity index (χ1n) is 5.34. The summed E-state index contributed by atoms with van der Waals surface area (Å²) in [6.07, 6.45) is 0. The largest absolute Gasteiger partial charge is 0.369 e. The second-order valence-corrected chi connectivity index (χ2v) is 3.90. The Morgan fingerprint density at radius 3 is 2.00 bits per heavy atom. The molecule has 1 rings (SSSR count). The minimum absolute atomic E-state index is 0.123. The first kappa shape index (κ1) is 14.2. The van der Waals surface area contributed by atoms with Gasteiger partial charge in [0, 0.05) is 27.3 Å². The number of nitrogens with zero attached hydrogens (tertiary/aromatic N) is 1. The number of halogens is 1. The maximum atomic E-state index is 11.9. The summed E-state index contributed by atoms with van der Waals surface area (Å²) >= 11 is 5.93. The number of likely N-dealkylation sites (N-methyl/N-ethyl adjacent to an activating group) is 1. The van der Waals surface area contributed by atoms with Gasteiger partial charge >= 0.3 is 0 Å². The number of carbonyl (C=O) groups is 2. The molecule has 0 heterocycles. The third-order valence-corrected chi connectivity index (χ3v) is 3.23. The molecule has 17 heavy (non-hydrogen) atoms. The highest BCUT2D eigenvalue weighted by Gasteiger charge is 2.56. The van der Waals surface area contributed by atoms with Crippen molar-refractivity contribution in [3.8, 4) is 0 Å². The Labute approximate surface area is 105 Å². The summed E-state index contributed by atoms with van der Waals surface area (Å²) in [5, 5.41) is -0.123. The topological polar surface area (TPSA) is 55.8 Å². The minimum Gasteiger partial charge on any atom is -0.369 e. The van der Waals surface area contributed by atoms with Crippen LogP contribution in [-0.4, -0.2) is 49.6 Å².